The van der Waals surface area contributed by atoms with Gasteiger partial charge in [0.2, 0.25) is 0 Å². The number of halogens is 5. The molecule has 0 aliphatic carbocycles. The van der Waals surface area contributed by atoms with E-state index in [1.54, 1.807) is 0 Å². The van der Waals surface area contributed by atoms with Gasteiger partial charge in [-0.1, -0.05) is 18.2 Å². The zero-order chi connectivity index (χ0) is 15.5. The summed E-state index contributed by atoms with van der Waals surface area (Å²) >= 11 is 0. The highest BCUT2D eigenvalue weighted by Crippen LogP contribution is 2.27. The summed E-state index contributed by atoms with van der Waals surface area (Å²) in [7, 11) is 0. The predicted octanol–water partition coefficient (Wildman–Crippen LogP) is 4.48. The number of anilines is 1. The summed E-state index contributed by atoms with van der Waals surface area (Å²) in [4.78, 5) is 0. The Morgan fingerprint density at radius 2 is 1.71 bits per heavy atom. The molecular formula is C14H10F5NO. The van der Waals surface area contributed by atoms with Crippen molar-refractivity contribution >= 4 is 5.69 Å². The van der Waals surface area contributed by atoms with Gasteiger partial charge in [0.15, 0.2) is 0 Å². The molecule has 2 aromatic carbocycles. The number of alkyl halides is 3. The van der Waals surface area contributed by atoms with E-state index in [1.165, 1.54) is 18.2 Å². The maximum Gasteiger partial charge on any atom is 0.573 e. The average Bonchev–Trinajstić information content (AvgIpc) is 2.39. The van der Waals surface area contributed by atoms with Gasteiger partial charge in [0.05, 0.1) is 5.69 Å². The molecule has 0 aliphatic rings. The number of rotatable bonds is 4. The van der Waals surface area contributed by atoms with Crippen LogP contribution in [-0.2, 0) is 6.54 Å². The first kappa shape index (κ1) is 15.1. The highest BCUT2D eigenvalue weighted by Gasteiger charge is 2.31. The molecule has 1 N–H and O–H groups in total. The number of benzene rings is 2. The van der Waals surface area contributed by atoms with E-state index in [9.17, 15) is 22.0 Å². The van der Waals surface area contributed by atoms with Crippen molar-refractivity contribution in [2.45, 2.75) is 12.9 Å². The van der Waals surface area contributed by atoms with Crippen LogP contribution >= 0.6 is 0 Å². The Morgan fingerprint density at radius 1 is 1.00 bits per heavy atom. The fraction of sp³-hybridized carbons (Fsp3) is 0.143. The highest BCUT2D eigenvalue weighted by atomic mass is 19.4. The number of nitrogens with one attached hydrogen (secondary N) is 1. The van der Waals surface area contributed by atoms with Gasteiger partial charge in [-0.3, -0.25) is 0 Å². The molecule has 0 unspecified atom stereocenters. The molecule has 2 nitrogen and oxygen atoms in total. The Kier molecular flexibility index (Phi) is 4.30. The molecule has 0 aliphatic heterocycles. The fourth-order valence-corrected chi connectivity index (χ4v) is 1.70. The molecule has 7 heteroatoms. The van der Waals surface area contributed by atoms with E-state index in [1.807, 2.05) is 0 Å². The van der Waals surface area contributed by atoms with E-state index in [-0.39, 0.29) is 17.8 Å². The average molecular weight is 303 g/mol. The molecule has 0 spiro atoms. The minimum atomic E-state index is -4.82. The Morgan fingerprint density at radius 3 is 2.43 bits per heavy atom. The molecule has 0 amide bonds. The SMILES string of the molecule is Fc1ccc(F)c(NCc2ccccc2OC(F)(F)F)c1. The molecule has 0 aromatic heterocycles. The highest BCUT2D eigenvalue weighted by molar-refractivity contribution is 5.46. The number of para-hydroxylation sites is 1. The summed E-state index contributed by atoms with van der Waals surface area (Å²) in [6.45, 7) is -0.146. The van der Waals surface area contributed by atoms with Gasteiger partial charge in [-0.15, -0.1) is 13.2 Å². The van der Waals surface area contributed by atoms with Gasteiger partial charge in [0.1, 0.15) is 17.4 Å². The Hall–Kier alpha value is -2.31. The molecule has 0 radical (unpaired) electrons. The van der Waals surface area contributed by atoms with Crippen molar-refractivity contribution < 1.29 is 26.7 Å². The first-order valence-electron chi connectivity index (χ1n) is 5.88. The van der Waals surface area contributed by atoms with Crippen LogP contribution in [0.3, 0.4) is 0 Å². The monoisotopic (exact) mass is 303 g/mol. The third-order valence-electron chi connectivity index (χ3n) is 2.60. The molecule has 0 bridgehead atoms. The smallest absolute Gasteiger partial charge is 0.405 e. The third kappa shape index (κ3) is 4.34. The van der Waals surface area contributed by atoms with Gasteiger partial charge in [-0.05, 0) is 24.3 Å². The summed E-state index contributed by atoms with van der Waals surface area (Å²) in [5.41, 5.74) is 0.0234. The van der Waals surface area contributed by atoms with Crippen LogP contribution in [0, 0.1) is 11.6 Å². The zero-order valence-electron chi connectivity index (χ0n) is 10.5. The second-order valence-electron chi connectivity index (χ2n) is 4.13. The summed E-state index contributed by atoms with van der Waals surface area (Å²) in [6, 6.07) is 8.23. The van der Waals surface area contributed by atoms with Crippen LogP contribution in [0.5, 0.6) is 5.75 Å². The molecule has 0 fully saturated rings. The third-order valence-corrected chi connectivity index (χ3v) is 2.60. The molecule has 0 saturated heterocycles. The molecule has 2 aromatic rings. The van der Waals surface area contributed by atoms with Gasteiger partial charge >= 0.3 is 6.36 Å². The molecule has 2 rings (SSSR count). The van der Waals surface area contributed by atoms with E-state index in [4.69, 9.17) is 0 Å². The molecule has 0 heterocycles. The van der Waals surface area contributed by atoms with Crippen molar-refractivity contribution in [3.05, 3.63) is 59.7 Å². The van der Waals surface area contributed by atoms with E-state index in [0.717, 1.165) is 24.3 Å². The molecule has 112 valence electrons. The van der Waals surface area contributed by atoms with Crippen LogP contribution in [0.25, 0.3) is 0 Å². The summed E-state index contributed by atoms with van der Waals surface area (Å²) in [5, 5.41) is 2.53. The molecular weight excluding hydrogens is 293 g/mol. The van der Waals surface area contributed by atoms with Crippen molar-refractivity contribution in [2.75, 3.05) is 5.32 Å². The normalized spacial score (nSPS) is 11.3. The van der Waals surface area contributed by atoms with Gasteiger partial charge in [-0.2, -0.15) is 0 Å². The van der Waals surface area contributed by atoms with Crippen molar-refractivity contribution in [3.63, 3.8) is 0 Å². The van der Waals surface area contributed by atoms with E-state index in [2.05, 4.69) is 10.1 Å². The zero-order valence-corrected chi connectivity index (χ0v) is 10.5. The number of hydrogen-bond donors (Lipinski definition) is 1. The quantitative estimate of drug-likeness (QED) is 0.841. The lowest BCUT2D eigenvalue weighted by molar-refractivity contribution is -0.274. The first-order valence-corrected chi connectivity index (χ1v) is 5.88. The summed E-state index contributed by atoms with van der Waals surface area (Å²) in [5.74, 6) is -1.75. The number of hydrogen-bond acceptors (Lipinski definition) is 2. The van der Waals surface area contributed by atoms with Crippen LogP contribution in [0.2, 0.25) is 0 Å². The van der Waals surface area contributed by atoms with Gasteiger partial charge in [-0.25, -0.2) is 8.78 Å². The van der Waals surface area contributed by atoms with Gasteiger partial charge in [0, 0.05) is 12.1 Å². The summed E-state index contributed by atoms with van der Waals surface area (Å²) in [6.07, 6.45) is -4.82. The van der Waals surface area contributed by atoms with Crippen molar-refractivity contribution in [1.29, 1.82) is 0 Å². The molecule has 21 heavy (non-hydrogen) atoms. The van der Waals surface area contributed by atoms with E-state index in [0.29, 0.717) is 0 Å². The van der Waals surface area contributed by atoms with Crippen molar-refractivity contribution in [1.82, 2.24) is 0 Å². The standard InChI is InChI=1S/C14H10F5NO/c15-10-5-6-11(16)12(7-10)20-8-9-3-1-2-4-13(9)21-14(17,18)19/h1-7,20H,8H2. The second-order valence-corrected chi connectivity index (χ2v) is 4.13. The first-order chi connectivity index (χ1) is 9.85. The fourth-order valence-electron chi connectivity index (χ4n) is 1.70. The minimum Gasteiger partial charge on any atom is -0.405 e. The summed E-state index contributed by atoms with van der Waals surface area (Å²) < 4.78 is 67.0. The van der Waals surface area contributed by atoms with E-state index >= 15 is 0 Å². The Labute approximate surface area is 117 Å². The van der Waals surface area contributed by atoms with Crippen LogP contribution in [0.15, 0.2) is 42.5 Å². The van der Waals surface area contributed by atoms with Crippen LogP contribution in [0.4, 0.5) is 27.6 Å². The van der Waals surface area contributed by atoms with Crippen LogP contribution in [0.1, 0.15) is 5.56 Å². The second kappa shape index (κ2) is 5.99. The lowest BCUT2D eigenvalue weighted by atomic mass is 10.2. The Bertz CT molecular complexity index is 627. The lowest BCUT2D eigenvalue weighted by Crippen LogP contribution is -2.18. The lowest BCUT2D eigenvalue weighted by Gasteiger charge is -2.14. The van der Waals surface area contributed by atoms with Gasteiger partial charge < -0.3 is 10.1 Å². The largest absolute Gasteiger partial charge is 0.573 e. The van der Waals surface area contributed by atoms with Crippen LogP contribution in [-0.4, -0.2) is 6.36 Å². The topological polar surface area (TPSA) is 21.3 Å². The van der Waals surface area contributed by atoms with Crippen LogP contribution < -0.4 is 10.1 Å². The number of ether oxygens (including phenoxy) is 1. The minimum absolute atomic E-state index is 0.142. The Balaban J connectivity index is 2.15. The van der Waals surface area contributed by atoms with Crippen molar-refractivity contribution in [3.8, 4) is 5.75 Å². The van der Waals surface area contributed by atoms with Gasteiger partial charge in [0.25, 0.3) is 0 Å². The van der Waals surface area contributed by atoms with E-state index < -0.39 is 23.7 Å². The maximum atomic E-state index is 13.4. The predicted molar refractivity (Wildman–Crippen MR) is 66.8 cm³/mol. The molecule has 0 atom stereocenters. The molecule has 0 saturated carbocycles. The van der Waals surface area contributed by atoms with Crippen molar-refractivity contribution in [2.24, 2.45) is 0 Å². The maximum absolute atomic E-state index is 13.4.